The summed E-state index contributed by atoms with van der Waals surface area (Å²) in [5.41, 5.74) is -0.516. The number of imidazole rings is 1. The molecule has 1 aromatic carbocycles. The van der Waals surface area contributed by atoms with E-state index in [9.17, 15) is 19.3 Å². The summed E-state index contributed by atoms with van der Waals surface area (Å²) in [6, 6.07) is 3.07. The Morgan fingerprint density at radius 3 is 2.71 bits per heavy atom. The average molecular weight is 295 g/mol. The fraction of sp³-hybridized carbons (Fsp3) is 0.167. The number of benzene rings is 1. The summed E-state index contributed by atoms with van der Waals surface area (Å²) in [6.07, 6.45) is 0. The van der Waals surface area contributed by atoms with Gasteiger partial charge in [0.05, 0.1) is 5.56 Å². The van der Waals surface area contributed by atoms with Crippen LogP contribution in [0.5, 0.6) is 11.6 Å². The van der Waals surface area contributed by atoms with Crippen LogP contribution in [-0.2, 0) is 7.05 Å². The van der Waals surface area contributed by atoms with Crippen LogP contribution in [0, 0.1) is 22.9 Å². The maximum absolute atomic E-state index is 13.6. The van der Waals surface area contributed by atoms with Gasteiger partial charge in [-0.3, -0.25) is 4.57 Å². The van der Waals surface area contributed by atoms with Gasteiger partial charge in [-0.1, -0.05) is 0 Å². The summed E-state index contributed by atoms with van der Waals surface area (Å²) in [6.45, 7) is 1.55. The average Bonchev–Trinajstić information content (AvgIpc) is 2.67. The van der Waals surface area contributed by atoms with Crippen LogP contribution in [-0.4, -0.2) is 25.6 Å². The highest BCUT2D eigenvalue weighted by Crippen LogP contribution is 2.31. The second-order valence-corrected chi connectivity index (χ2v) is 4.15. The van der Waals surface area contributed by atoms with Crippen LogP contribution >= 0.6 is 0 Å². The lowest BCUT2D eigenvalue weighted by Crippen LogP contribution is -2.02. The number of hydrogen-bond acceptors (Lipinski definition) is 5. The summed E-state index contributed by atoms with van der Waals surface area (Å²) < 4.78 is 20.1. The van der Waals surface area contributed by atoms with E-state index in [4.69, 9.17) is 9.84 Å². The molecule has 8 nitrogen and oxygen atoms in total. The molecule has 1 heterocycles. The molecule has 21 heavy (non-hydrogen) atoms. The Kier molecular flexibility index (Phi) is 3.57. The van der Waals surface area contributed by atoms with Crippen LogP contribution in [0.15, 0.2) is 18.2 Å². The van der Waals surface area contributed by atoms with E-state index >= 15 is 0 Å². The molecule has 1 aromatic heterocycles. The van der Waals surface area contributed by atoms with E-state index < -0.39 is 28.1 Å². The molecule has 0 aliphatic carbocycles. The number of carboxylic acid groups (broad SMARTS) is 1. The van der Waals surface area contributed by atoms with Gasteiger partial charge in [0.1, 0.15) is 11.6 Å². The van der Waals surface area contributed by atoms with Crippen LogP contribution in [0.25, 0.3) is 0 Å². The SMILES string of the molecule is Cc1nc([N+](=O)[O-])c(Oc2ccc(C(=O)O)c(F)c2)n1C. The molecule has 0 radical (unpaired) electrons. The van der Waals surface area contributed by atoms with Crippen molar-refractivity contribution in [3.8, 4) is 11.6 Å². The lowest BCUT2D eigenvalue weighted by molar-refractivity contribution is -0.390. The maximum Gasteiger partial charge on any atom is 0.427 e. The first-order valence-electron chi connectivity index (χ1n) is 5.69. The number of aromatic carboxylic acids is 1. The van der Waals surface area contributed by atoms with E-state index in [1.807, 2.05) is 0 Å². The number of carboxylic acids is 1. The predicted octanol–water partition coefficient (Wildman–Crippen LogP) is 2.27. The zero-order valence-corrected chi connectivity index (χ0v) is 11.0. The number of halogens is 1. The van der Waals surface area contributed by atoms with Crippen molar-refractivity contribution in [2.75, 3.05) is 0 Å². The van der Waals surface area contributed by atoms with Gasteiger partial charge in [0.2, 0.25) is 5.82 Å². The first kappa shape index (κ1) is 14.4. The lowest BCUT2D eigenvalue weighted by atomic mass is 10.2. The van der Waals surface area contributed by atoms with E-state index in [1.165, 1.54) is 17.7 Å². The van der Waals surface area contributed by atoms with E-state index in [1.54, 1.807) is 6.92 Å². The van der Waals surface area contributed by atoms with Crippen molar-refractivity contribution in [2.45, 2.75) is 6.92 Å². The molecule has 0 unspecified atom stereocenters. The third-order valence-electron chi connectivity index (χ3n) is 2.81. The minimum Gasteiger partial charge on any atom is -0.478 e. The van der Waals surface area contributed by atoms with E-state index in [0.29, 0.717) is 5.82 Å². The summed E-state index contributed by atoms with van der Waals surface area (Å²) in [5, 5.41) is 19.6. The largest absolute Gasteiger partial charge is 0.478 e. The number of nitro groups is 1. The monoisotopic (exact) mass is 295 g/mol. The van der Waals surface area contributed by atoms with Crippen molar-refractivity contribution in [1.82, 2.24) is 9.55 Å². The maximum atomic E-state index is 13.6. The van der Waals surface area contributed by atoms with Crippen molar-refractivity contribution in [2.24, 2.45) is 7.05 Å². The summed E-state index contributed by atoms with van der Waals surface area (Å²) in [7, 11) is 1.51. The predicted molar refractivity (Wildman–Crippen MR) is 68.0 cm³/mol. The second kappa shape index (κ2) is 5.19. The Balaban J connectivity index is 2.41. The van der Waals surface area contributed by atoms with E-state index in [2.05, 4.69) is 4.98 Å². The van der Waals surface area contributed by atoms with Gasteiger partial charge in [0.25, 0.3) is 0 Å². The van der Waals surface area contributed by atoms with Gasteiger partial charge in [0, 0.05) is 20.0 Å². The standard InChI is InChI=1S/C12H10FN3O5/c1-6-14-10(16(19)20)11(15(6)2)21-7-3-4-8(12(17)18)9(13)5-7/h3-5H,1-2H3,(H,17,18). The van der Waals surface area contributed by atoms with Gasteiger partial charge in [-0.05, 0) is 22.0 Å². The molecule has 0 bridgehead atoms. The summed E-state index contributed by atoms with van der Waals surface area (Å²) in [5.74, 6) is -2.80. The number of ether oxygens (including phenoxy) is 1. The summed E-state index contributed by atoms with van der Waals surface area (Å²) >= 11 is 0. The topological polar surface area (TPSA) is 107 Å². The molecule has 0 atom stereocenters. The molecular formula is C12H10FN3O5. The van der Waals surface area contributed by atoms with Crippen molar-refractivity contribution in [1.29, 1.82) is 0 Å². The molecule has 110 valence electrons. The zero-order chi connectivity index (χ0) is 15.7. The molecule has 0 aliphatic rings. The molecular weight excluding hydrogens is 285 g/mol. The number of carbonyl (C=O) groups is 1. The molecule has 0 saturated carbocycles. The van der Waals surface area contributed by atoms with Gasteiger partial charge >= 0.3 is 17.7 Å². The third-order valence-corrected chi connectivity index (χ3v) is 2.81. The normalized spacial score (nSPS) is 10.4. The Labute approximate surface area is 117 Å². The molecule has 2 rings (SSSR count). The first-order valence-corrected chi connectivity index (χ1v) is 5.69. The van der Waals surface area contributed by atoms with Crippen molar-refractivity contribution < 1.29 is 24.0 Å². The summed E-state index contributed by atoms with van der Waals surface area (Å²) in [4.78, 5) is 24.6. The lowest BCUT2D eigenvalue weighted by Gasteiger charge is -2.06. The third kappa shape index (κ3) is 2.66. The molecule has 0 spiro atoms. The Morgan fingerprint density at radius 1 is 1.52 bits per heavy atom. The van der Waals surface area contributed by atoms with Crippen LogP contribution in [0.2, 0.25) is 0 Å². The highest BCUT2D eigenvalue weighted by Gasteiger charge is 2.26. The number of rotatable bonds is 4. The van der Waals surface area contributed by atoms with Gasteiger partial charge in [-0.2, -0.15) is 0 Å². The second-order valence-electron chi connectivity index (χ2n) is 4.15. The molecule has 0 saturated heterocycles. The van der Waals surface area contributed by atoms with Crippen LogP contribution in [0.4, 0.5) is 10.2 Å². The Hall–Kier alpha value is -2.97. The van der Waals surface area contributed by atoms with Gasteiger partial charge in [-0.15, -0.1) is 0 Å². The van der Waals surface area contributed by atoms with Crippen molar-refractivity contribution in [3.05, 3.63) is 45.5 Å². The molecule has 9 heteroatoms. The van der Waals surface area contributed by atoms with Crippen molar-refractivity contribution >= 4 is 11.8 Å². The molecule has 1 N–H and O–H groups in total. The van der Waals surface area contributed by atoms with Gasteiger partial charge in [-0.25, -0.2) is 9.18 Å². The van der Waals surface area contributed by atoms with Gasteiger partial charge < -0.3 is 20.0 Å². The quantitative estimate of drug-likeness (QED) is 0.684. The van der Waals surface area contributed by atoms with Crippen LogP contribution in [0.3, 0.4) is 0 Å². The molecule has 0 fully saturated rings. The number of aromatic nitrogens is 2. The fourth-order valence-electron chi connectivity index (χ4n) is 1.65. The first-order chi connectivity index (χ1) is 9.81. The molecule has 0 amide bonds. The van der Waals surface area contributed by atoms with E-state index in [-0.39, 0.29) is 11.6 Å². The number of aryl methyl sites for hydroxylation is 1. The minimum absolute atomic E-state index is 0.0661. The number of hydrogen-bond donors (Lipinski definition) is 1. The smallest absolute Gasteiger partial charge is 0.427 e. The Morgan fingerprint density at radius 2 is 2.19 bits per heavy atom. The molecule has 0 aliphatic heterocycles. The fourth-order valence-corrected chi connectivity index (χ4v) is 1.65. The van der Waals surface area contributed by atoms with Gasteiger partial charge in [0.15, 0.2) is 0 Å². The highest BCUT2D eigenvalue weighted by molar-refractivity contribution is 5.88. The van der Waals surface area contributed by atoms with Crippen LogP contribution in [0.1, 0.15) is 16.2 Å². The highest BCUT2D eigenvalue weighted by atomic mass is 19.1. The van der Waals surface area contributed by atoms with Crippen molar-refractivity contribution in [3.63, 3.8) is 0 Å². The number of nitrogens with zero attached hydrogens (tertiary/aromatic N) is 3. The van der Waals surface area contributed by atoms with Crippen LogP contribution < -0.4 is 4.74 Å². The Bertz CT molecular complexity index is 741. The molecule has 2 aromatic rings. The minimum atomic E-state index is -1.42. The zero-order valence-electron chi connectivity index (χ0n) is 11.0. The van der Waals surface area contributed by atoms with E-state index in [0.717, 1.165) is 12.1 Å².